The summed E-state index contributed by atoms with van der Waals surface area (Å²) in [5, 5.41) is 3.46. The molecule has 4 heteroatoms. The molecule has 0 aromatic carbocycles. The number of likely N-dealkylation sites (tertiary alicyclic amines) is 1. The van der Waals surface area contributed by atoms with Crippen LogP contribution in [0.1, 0.15) is 58.3 Å². The van der Waals surface area contributed by atoms with Crippen LogP contribution in [0.2, 0.25) is 0 Å². The second kappa shape index (κ2) is 6.23. The SMILES string of the molecule is CC1(C(=O)N2CCC3(CCNCC3)CC2)CCCC1.Cl. The number of rotatable bonds is 1. The number of hydrogen-bond donors (Lipinski definition) is 1. The van der Waals surface area contributed by atoms with Gasteiger partial charge < -0.3 is 10.2 Å². The average molecular weight is 301 g/mol. The highest BCUT2D eigenvalue weighted by Crippen LogP contribution is 2.43. The normalized spacial score (nSPS) is 28.1. The van der Waals surface area contributed by atoms with E-state index < -0.39 is 0 Å². The van der Waals surface area contributed by atoms with Crippen molar-refractivity contribution >= 4 is 18.3 Å². The van der Waals surface area contributed by atoms with Crippen molar-refractivity contribution in [3.05, 3.63) is 0 Å². The standard InChI is InChI=1S/C16H28N2O.ClH/c1-15(4-2-3-5-15)14(19)18-12-8-16(9-13-18)6-10-17-11-7-16;/h17H,2-13H2,1H3;1H. The van der Waals surface area contributed by atoms with Gasteiger partial charge in [-0.3, -0.25) is 4.79 Å². The van der Waals surface area contributed by atoms with Gasteiger partial charge in [-0.25, -0.2) is 0 Å². The Morgan fingerprint density at radius 1 is 0.950 bits per heavy atom. The Morgan fingerprint density at radius 3 is 2.05 bits per heavy atom. The summed E-state index contributed by atoms with van der Waals surface area (Å²) in [6.45, 7) is 6.55. The van der Waals surface area contributed by atoms with Crippen molar-refractivity contribution in [3.8, 4) is 0 Å². The lowest BCUT2D eigenvalue weighted by molar-refractivity contribution is -0.143. The minimum Gasteiger partial charge on any atom is -0.342 e. The van der Waals surface area contributed by atoms with E-state index in [2.05, 4.69) is 17.1 Å². The smallest absolute Gasteiger partial charge is 0.228 e. The van der Waals surface area contributed by atoms with Gasteiger partial charge in [0, 0.05) is 18.5 Å². The van der Waals surface area contributed by atoms with Crippen molar-refractivity contribution in [3.63, 3.8) is 0 Å². The van der Waals surface area contributed by atoms with Crippen LogP contribution in [0.15, 0.2) is 0 Å². The Balaban J connectivity index is 0.00000147. The lowest BCUT2D eigenvalue weighted by Crippen LogP contribution is -2.50. The number of amides is 1. The van der Waals surface area contributed by atoms with Crippen molar-refractivity contribution in [1.29, 1.82) is 0 Å². The van der Waals surface area contributed by atoms with Crippen molar-refractivity contribution in [2.24, 2.45) is 10.8 Å². The fourth-order valence-electron chi connectivity index (χ4n) is 4.39. The molecule has 2 aliphatic heterocycles. The molecule has 3 aliphatic rings. The molecule has 0 aromatic rings. The highest BCUT2D eigenvalue weighted by atomic mass is 35.5. The number of carbonyl (C=O) groups is 1. The Kier molecular flexibility index (Phi) is 5.01. The summed E-state index contributed by atoms with van der Waals surface area (Å²) in [4.78, 5) is 14.9. The molecule has 0 unspecified atom stereocenters. The molecule has 0 bridgehead atoms. The van der Waals surface area contributed by atoms with Gasteiger partial charge in [0.15, 0.2) is 0 Å². The van der Waals surface area contributed by atoms with Gasteiger partial charge in [-0.05, 0) is 57.0 Å². The molecule has 0 radical (unpaired) electrons. The molecule has 3 fully saturated rings. The van der Waals surface area contributed by atoms with E-state index in [1.807, 2.05) is 0 Å². The largest absolute Gasteiger partial charge is 0.342 e. The molecule has 1 saturated carbocycles. The lowest BCUT2D eigenvalue weighted by Gasteiger charge is -2.46. The molecule has 2 heterocycles. The first-order valence-corrected chi connectivity index (χ1v) is 8.14. The van der Waals surface area contributed by atoms with E-state index in [4.69, 9.17) is 0 Å². The van der Waals surface area contributed by atoms with Crippen LogP contribution in [0.3, 0.4) is 0 Å². The first kappa shape index (κ1) is 16.1. The maximum Gasteiger partial charge on any atom is 0.228 e. The summed E-state index contributed by atoms with van der Waals surface area (Å²) in [6.07, 6.45) is 9.79. The molecular formula is C16H29ClN2O. The minimum atomic E-state index is -0.0291. The fraction of sp³-hybridized carbons (Fsp3) is 0.938. The Morgan fingerprint density at radius 2 is 1.50 bits per heavy atom. The van der Waals surface area contributed by atoms with Gasteiger partial charge in [-0.1, -0.05) is 19.8 Å². The van der Waals surface area contributed by atoms with Gasteiger partial charge in [0.1, 0.15) is 0 Å². The van der Waals surface area contributed by atoms with E-state index in [0.29, 0.717) is 11.3 Å². The number of carbonyl (C=O) groups excluding carboxylic acids is 1. The first-order valence-electron chi connectivity index (χ1n) is 8.14. The lowest BCUT2D eigenvalue weighted by atomic mass is 9.71. The predicted molar refractivity (Wildman–Crippen MR) is 84.2 cm³/mol. The van der Waals surface area contributed by atoms with Crippen molar-refractivity contribution < 1.29 is 4.79 Å². The molecule has 1 spiro atoms. The maximum absolute atomic E-state index is 12.7. The monoisotopic (exact) mass is 300 g/mol. The zero-order valence-electron chi connectivity index (χ0n) is 12.7. The van der Waals surface area contributed by atoms with E-state index in [1.165, 1.54) is 51.6 Å². The number of nitrogens with one attached hydrogen (secondary N) is 1. The van der Waals surface area contributed by atoms with Gasteiger partial charge in [-0.2, -0.15) is 0 Å². The predicted octanol–water partition coefficient (Wildman–Crippen LogP) is 2.98. The summed E-state index contributed by atoms with van der Waals surface area (Å²) in [5.74, 6) is 0.453. The molecule has 1 aliphatic carbocycles. The molecule has 116 valence electrons. The molecule has 1 amide bonds. The molecule has 0 aromatic heterocycles. The van der Waals surface area contributed by atoms with Crippen LogP contribution in [0.25, 0.3) is 0 Å². The summed E-state index contributed by atoms with van der Waals surface area (Å²) >= 11 is 0. The third kappa shape index (κ3) is 2.99. The zero-order chi connectivity index (χ0) is 13.3. The fourth-order valence-corrected chi connectivity index (χ4v) is 4.39. The van der Waals surface area contributed by atoms with E-state index in [1.54, 1.807) is 0 Å². The third-order valence-electron chi connectivity index (χ3n) is 6.00. The van der Waals surface area contributed by atoms with Gasteiger partial charge in [0.2, 0.25) is 5.91 Å². The Bertz CT molecular complexity index is 336. The van der Waals surface area contributed by atoms with E-state index in [-0.39, 0.29) is 17.8 Å². The summed E-state index contributed by atoms with van der Waals surface area (Å²) in [6, 6.07) is 0. The maximum atomic E-state index is 12.7. The van der Waals surface area contributed by atoms with Crippen LogP contribution in [0.5, 0.6) is 0 Å². The van der Waals surface area contributed by atoms with Crippen LogP contribution >= 0.6 is 12.4 Å². The number of hydrogen-bond acceptors (Lipinski definition) is 2. The minimum absolute atomic E-state index is 0. The number of nitrogens with zero attached hydrogens (tertiary/aromatic N) is 1. The third-order valence-corrected chi connectivity index (χ3v) is 6.00. The summed E-state index contributed by atoms with van der Waals surface area (Å²) in [7, 11) is 0. The highest BCUT2D eigenvalue weighted by molar-refractivity contribution is 5.85. The molecular weight excluding hydrogens is 272 g/mol. The highest BCUT2D eigenvalue weighted by Gasteiger charge is 2.42. The zero-order valence-corrected chi connectivity index (χ0v) is 13.6. The van der Waals surface area contributed by atoms with Crippen molar-refractivity contribution in [2.45, 2.75) is 58.3 Å². The van der Waals surface area contributed by atoms with Gasteiger partial charge >= 0.3 is 0 Å². The van der Waals surface area contributed by atoms with E-state index in [0.717, 1.165) is 25.9 Å². The second-order valence-electron chi connectivity index (χ2n) is 7.31. The Labute approximate surface area is 129 Å². The van der Waals surface area contributed by atoms with Gasteiger partial charge in [-0.15, -0.1) is 12.4 Å². The topological polar surface area (TPSA) is 32.3 Å². The van der Waals surface area contributed by atoms with Crippen LogP contribution in [0.4, 0.5) is 0 Å². The van der Waals surface area contributed by atoms with Gasteiger partial charge in [0.05, 0.1) is 0 Å². The van der Waals surface area contributed by atoms with Crippen LogP contribution in [-0.2, 0) is 4.79 Å². The second-order valence-corrected chi connectivity index (χ2v) is 7.31. The van der Waals surface area contributed by atoms with Crippen LogP contribution in [-0.4, -0.2) is 37.0 Å². The quantitative estimate of drug-likeness (QED) is 0.807. The summed E-state index contributed by atoms with van der Waals surface area (Å²) < 4.78 is 0. The molecule has 0 atom stereocenters. The summed E-state index contributed by atoms with van der Waals surface area (Å²) in [5.41, 5.74) is 0.525. The Hall–Kier alpha value is -0.280. The van der Waals surface area contributed by atoms with E-state index in [9.17, 15) is 4.79 Å². The molecule has 1 N–H and O–H groups in total. The first-order chi connectivity index (χ1) is 9.14. The van der Waals surface area contributed by atoms with E-state index >= 15 is 0 Å². The average Bonchev–Trinajstić information content (AvgIpc) is 2.88. The molecule has 3 nitrogen and oxygen atoms in total. The number of halogens is 1. The van der Waals surface area contributed by atoms with Crippen molar-refractivity contribution in [1.82, 2.24) is 10.2 Å². The van der Waals surface area contributed by atoms with Crippen molar-refractivity contribution in [2.75, 3.05) is 26.2 Å². The van der Waals surface area contributed by atoms with Crippen LogP contribution < -0.4 is 5.32 Å². The van der Waals surface area contributed by atoms with Crippen LogP contribution in [0, 0.1) is 10.8 Å². The molecule has 20 heavy (non-hydrogen) atoms. The van der Waals surface area contributed by atoms with Gasteiger partial charge in [0.25, 0.3) is 0 Å². The molecule has 2 saturated heterocycles. The molecule has 3 rings (SSSR count). The number of piperidine rings is 2.